The van der Waals surface area contributed by atoms with Gasteiger partial charge in [-0.1, -0.05) is 17.7 Å². The lowest BCUT2D eigenvalue weighted by Crippen LogP contribution is -2.13. The van der Waals surface area contributed by atoms with Crippen LogP contribution in [0.15, 0.2) is 35.3 Å². The number of aromatic nitrogens is 1. The number of rotatable bonds is 2. The van der Waals surface area contributed by atoms with Crippen LogP contribution < -0.4 is 5.43 Å². The highest BCUT2D eigenvalue weighted by atomic mass is 35.5. The highest BCUT2D eigenvalue weighted by Gasteiger charge is 2.06. The largest absolute Gasteiger partial charge is 0.321 e. The van der Waals surface area contributed by atoms with Gasteiger partial charge in [0.2, 0.25) is 0 Å². The molecule has 3 nitrogen and oxygen atoms in total. The van der Waals surface area contributed by atoms with Gasteiger partial charge >= 0.3 is 0 Å². The van der Waals surface area contributed by atoms with Crippen molar-refractivity contribution in [3.05, 3.63) is 62.5 Å². The number of nitrogens with zero attached hydrogens (tertiary/aromatic N) is 2. The minimum absolute atomic E-state index is 0.103. The Bertz CT molecular complexity index is 726. The summed E-state index contributed by atoms with van der Waals surface area (Å²) >= 11 is 6.12. The highest BCUT2D eigenvalue weighted by molar-refractivity contribution is 6.31. The Morgan fingerprint density at radius 3 is 2.68 bits per heavy atom. The third kappa shape index (κ3) is 2.69. The van der Waals surface area contributed by atoms with Crippen molar-refractivity contribution in [1.82, 2.24) is 4.57 Å². The summed E-state index contributed by atoms with van der Waals surface area (Å²) in [6.07, 6.45) is 1.82. The van der Waals surface area contributed by atoms with Crippen molar-refractivity contribution < 1.29 is 0 Å². The number of hydrogen-bond donors (Lipinski definition) is 0. The Balaban J connectivity index is 2.61. The molecule has 0 spiro atoms. The molecule has 4 heteroatoms. The molecule has 0 saturated carbocycles. The SMILES string of the molecule is Cc1ccc(-n2cc(CC#N)c(=O)cc2C)cc1Cl. The molecule has 0 aliphatic carbocycles. The van der Waals surface area contributed by atoms with Crippen LogP contribution in [0.3, 0.4) is 0 Å². The van der Waals surface area contributed by atoms with Gasteiger partial charge in [-0.2, -0.15) is 5.26 Å². The molecule has 0 aliphatic heterocycles. The fraction of sp³-hybridized carbons (Fsp3) is 0.200. The van der Waals surface area contributed by atoms with E-state index in [9.17, 15) is 4.79 Å². The highest BCUT2D eigenvalue weighted by Crippen LogP contribution is 2.20. The van der Waals surface area contributed by atoms with Crippen LogP contribution >= 0.6 is 11.6 Å². The standard InChI is InChI=1S/C15H13ClN2O/c1-10-3-4-13(8-14(10)16)18-9-12(5-6-17)15(19)7-11(18)2/h3-4,7-9H,5H2,1-2H3. The molecule has 96 valence electrons. The van der Waals surface area contributed by atoms with Gasteiger partial charge in [0.05, 0.1) is 12.5 Å². The van der Waals surface area contributed by atoms with Crippen LogP contribution in [-0.2, 0) is 6.42 Å². The lowest BCUT2D eigenvalue weighted by atomic mass is 10.1. The second kappa shape index (κ2) is 5.29. The Labute approximate surface area is 116 Å². The zero-order valence-electron chi connectivity index (χ0n) is 10.8. The number of halogens is 1. The second-order valence-electron chi connectivity index (χ2n) is 4.44. The summed E-state index contributed by atoms with van der Waals surface area (Å²) < 4.78 is 1.87. The van der Waals surface area contributed by atoms with Gasteiger partial charge in [0, 0.05) is 34.2 Å². The summed E-state index contributed by atoms with van der Waals surface area (Å²) in [5.74, 6) is 0. The smallest absolute Gasteiger partial charge is 0.186 e. The van der Waals surface area contributed by atoms with Crippen molar-refractivity contribution in [1.29, 1.82) is 5.26 Å². The predicted octanol–water partition coefficient (Wildman–Crippen LogP) is 3.17. The first-order valence-corrected chi connectivity index (χ1v) is 6.26. The van der Waals surface area contributed by atoms with Crippen LogP contribution in [0.1, 0.15) is 16.8 Å². The Hall–Kier alpha value is -2.05. The van der Waals surface area contributed by atoms with Gasteiger partial charge in [0.15, 0.2) is 5.43 Å². The number of hydrogen-bond acceptors (Lipinski definition) is 2. The first kappa shape index (κ1) is 13.4. The van der Waals surface area contributed by atoms with E-state index in [0.29, 0.717) is 10.6 Å². The molecule has 2 aromatic rings. The second-order valence-corrected chi connectivity index (χ2v) is 4.85. The zero-order chi connectivity index (χ0) is 14.0. The number of aryl methyl sites for hydroxylation is 2. The van der Waals surface area contributed by atoms with Gasteiger partial charge < -0.3 is 4.57 Å². The molecule has 19 heavy (non-hydrogen) atoms. The lowest BCUT2D eigenvalue weighted by molar-refractivity contribution is 0.948. The fourth-order valence-electron chi connectivity index (χ4n) is 1.90. The molecule has 0 radical (unpaired) electrons. The summed E-state index contributed by atoms with van der Waals surface area (Å²) in [6.45, 7) is 3.79. The molecule has 0 saturated heterocycles. The van der Waals surface area contributed by atoms with E-state index in [1.807, 2.05) is 42.7 Å². The lowest BCUT2D eigenvalue weighted by Gasteiger charge is -2.13. The van der Waals surface area contributed by atoms with Crippen LogP contribution in [0.4, 0.5) is 0 Å². The van der Waals surface area contributed by atoms with Crippen molar-refractivity contribution in [2.75, 3.05) is 0 Å². The van der Waals surface area contributed by atoms with Crippen LogP contribution in [0.25, 0.3) is 5.69 Å². The van der Waals surface area contributed by atoms with E-state index in [1.165, 1.54) is 0 Å². The van der Waals surface area contributed by atoms with Crippen LogP contribution in [0.2, 0.25) is 5.02 Å². The molecule has 1 heterocycles. The van der Waals surface area contributed by atoms with Gasteiger partial charge in [-0.05, 0) is 31.5 Å². The molecule has 0 fully saturated rings. The van der Waals surface area contributed by atoms with Crippen LogP contribution in [0.5, 0.6) is 0 Å². The van der Waals surface area contributed by atoms with E-state index in [2.05, 4.69) is 0 Å². The van der Waals surface area contributed by atoms with Crippen molar-refractivity contribution in [2.24, 2.45) is 0 Å². The quantitative estimate of drug-likeness (QED) is 0.843. The number of pyridine rings is 1. The van der Waals surface area contributed by atoms with Crippen molar-refractivity contribution in [3.63, 3.8) is 0 Å². The third-order valence-corrected chi connectivity index (χ3v) is 3.43. The minimum Gasteiger partial charge on any atom is -0.321 e. The summed E-state index contributed by atoms with van der Waals surface area (Å²) in [7, 11) is 0. The summed E-state index contributed by atoms with van der Waals surface area (Å²) in [5, 5.41) is 9.41. The molecule has 0 N–H and O–H groups in total. The summed E-state index contributed by atoms with van der Waals surface area (Å²) in [5.41, 5.74) is 3.08. The minimum atomic E-state index is -0.103. The average molecular weight is 273 g/mol. The maximum atomic E-state index is 11.7. The Kier molecular flexibility index (Phi) is 3.73. The topological polar surface area (TPSA) is 45.8 Å². The first-order chi connectivity index (χ1) is 9.02. The monoisotopic (exact) mass is 272 g/mol. The van der Waals surface area contributed by atoms with E-state index in [0.717, 1.165) is 16.9 Å². The van der Waals surface area contributed by atoms with Crippen molar-refractivity contribution >= 4 is 11.6 Å². The molecule has 0 unspecified atom stereocenters. The molecule has 2 rings (SSSR count). The van der Waals surface area contributed by atoms with Gasteiger partial charge in [0.1, 0.15) is 0 Å². The number of benzene rings is 1. The van der Waals surface area contributed by atoms with E-state index >= 15 is 0 Å². The zero-order valence-corrected chi connectivity index (χ0v) is 11.5. The van der Waals surface area contributed by atoms with Crippen molar-refractivity contribution in [2.45, 2.75) is 20.3 Å². The van der Waals surface area contributed by atoms with Gasteiger partial charge in [0.25, 0.3) is 0 Å². The van der Waals surface area contributed by atoms with E-state index < -0.39 is 0 Å². The fourth-order valence-corrected chi connectivity index (χ4v) is 2.08. The molecular formula is C15H13ClN2O. The molecule has 1 aromatic carbocycles. The van der Waals surface area contributed by atoms with E-state index in [1.54, 1.807) is 12.3 Å². The molecular weight excluding hydrogens is 260 g/mol. The Morgan fingerprint density at radius 2 is 2.05 bits per heavy atom. The normalized spacial score (nSPS) is 10.2. The van der Waals surface area contributed by atoms with Crippen molar-refractivity contribution in [3.8, 4) is 11.8 Å². The molecule has 0 atom stereocenters. The molecule has 1 aromatic heterocycles. The first-order valence-electron chi connectivity index (χ1n) is 5.88. The maximum Gasteiger partial charge on any atom is 0.186 e. The van der Waals surface area contributed by atoms with Gasteiger partial charge in [-0.15, -0.1) is 0 Å². The van der Waals surface area contributed by atoms with E-state index in [4.69, 9.17) is 16.9 Å². The molecule has 0 aliphatic rings. The third-order valence-electron chi connectivity index (χ3n) is 3.02. The average Bonchev–Trinajstić information content (AvgIpc) is 2.36. The Morgan fingerprint density at radius 1 is 1.32 bits per heavy atom. The maximum absolute atomic E-state index is 11.7. The van der Waals surface area contributed by atoms with Crippen LogP contribution in [-0.4, -0.2) is 4.57 Å². The summed E-state index contributed by atoms with van der Waals surface area (Å²) in [4.78, 5) is 11.7. The predicted molar refractivity (Wildman–Crippen MR) is 75.8 cm³/mol. The van der Waals surface area contributed by atoms with E-state index in [-0.39, 0.29) is 11.8 Å². The molecule has 0 bridgehead atoms. The number of nitriles is 1. The van der Waals surface area contributed by atoms with Gasteiger partial charge in [-0.25, -0.2) is 0 Å². The van der Waals surface area contributed by atoms with Crippen LogP contribution in [0, 0.1) is 25.2 Å². The summed E-state index contributed by atoms with van der Waals surface area (Å²) in [6, 6.07) is 9.27. The molecule has 0 amide bonds. The van der Waals surface area contributed by atoms with Gasteiger partial charge in [-0.3, -0.25) is 4.79 Å².